The van der Waals surface area contributed by atoms with Crippen LogP contribution >= 0.6 is 0 Å². The van der Waals surface area contributed by atoms with Crippen molar-refractivity contribution in [3.63, 3.8) is 0 Å². The highest BCUT2D eigenvalue weighted by Crippen LogP contribution is 2.29. The van der Waals surface area contributed by atoms with E-state index in [1.165, 1.54) is 48.5 Å². The van der Waals surface area contributed by atoms with Crippen molar-refractivity contribution in [3.05, 3.63) is 71.8 Å². The molecule has 0 saturated carbocycles. The molecule has 0 saturated heterocycles. The lowest BCUT2D eigenvalue weighted by Gasteiger charge is -2.20. The molecular weight excluding hydrogens is 358 g/mol. The summed E-state index contributed by atoms with van der Waals surface area (Å²) in [5, 5.41) is -5.20. The summed E-state index contributed by atoms with van der Waals surface area (Å²) in [5.41, 5.74) is 0.134. The lowest BCUT2D eigenvalue weighted by Crippen LogP contribution is -2.40. The highest BCUT2D eigenvalue weighted by molar-refractivity contribution is 7.87. The first-order valence-corrected chi connectivity index (χ1v) is 8.28. The van der Waals surface area contributed by atoms with Crippen LogP contribution in [0.5, 0.6) is 0 Å². The van der Waals surface area contributed by atoms with Crippen molar-refractivity contribution in [3.8, 4) is 0 Å². The SMILES string of the molecule is O=C(c1ccccc1)C(OC(=O)C(F)(F)S(=O)(=O)O)c1ccccc1. The van der Waals surface area contributed by atoms with Gasteiger partial charge in [-0.25, -0.2) is 4.79 Å². The Hall–Kier alpha value is -2.65. The third kappa shape index (κ3) is 4.06. The van der Waals surface area contributed by atoms with Gasteiger partial charge in [-0.15, -0.1) is 0 Å². The smallest absolute Gasteiger partial charge is 0.444 e. The van der Waals surface area contributed by atoms with Gasteiger partial charge in [-0.3, -0.25) is 9.35 Å². The fraction of sp³-hybridized carbons (Fsp3) is 0.125. The van der Waals surface area contributed by atoms with Gasteiger partial charge in [0.25, 0.3) is 0 Å². The van der Waals surface area contributed by atoms with Crippen molar-refractivity contribution < 1.29 is 36.1 Å². The molecule has 132 valence electrons. The highest BCUT2D eigenvalue weighted by Gasteiger charge is 2.55. The molecule has 0 radical (unpaired) electrons. The molecule has 0 heterocycles. The van der Waals surface area contributed by atoms with Crippen molar-refractivity contribution in [1.29, 1.82) is 0 Å². The predicted octanol–water partition coefficient (Wildman–Crippen LogP) is 2.63. The van der Waals surface area contributed by atoms with E-state index in [9.17, 15) is 26.8 Å². The molecule has 0 spiro atoms. The van der Waals surface area contributed by atoms with Gasteiger partial charge in [0.1, 0.15) is 0 Å². The van der Waals surface area contributed by atoms with Crippen molar-refractivity contribution in [1.82, 2.24) is 0 Å². The molecule has 6 nitrogen and oxygen atoms in total. The number of hydrogen-bond donors (Lipinski definition) is 1. The average molecular weight is 370 g/mol. The van der Waals surface area contributed by atoms with Crippen LogP contribution in [0.3, 0.4) is 0 Å². The fourth-order valence-corrected chi connectivity index (χ4v) is 2.19. The largest absolute Gasteiger partial charge is 0.465 e. The van der Waals surface area contributed by atoms with Crippen LogP contribution in [0.2, 0.25) is 0 Å². The normalized spacial score (nSPS) is 13.1. The summed E-state index contributed by atoms with van der Waals surface area (Å²) in [6.45, 7) is 0. The van der Waals surface area contributed by atoms with Gasteiger partial charge in [0, 0.05) is 11.1 Å². The molecule has 0 aliphatic heterocycles. The first-order valence-electron chi connectivity index (χ1n) is 6.84. The maximum Gasteiger partial charge on any atom is 0.465 e. The number of halogens is 2. The molecule has 0 aliphatic rings. The Morgan fingerprint density at radius 3 is 1.92 bits per heavy atom. The monoisotopic (exact) mass is 370 g/mol. The summed E-state index contributed by atoms with van der Waals surface area (Å²) in [6.07, 6.45) is -1.80. The predicted molar refractivity (Wildman–Crippen MR) is 82.5 cm³/mol. The number of benzene rings is 2. The van der Waals surface area contributed by atoms with Gasteiger partial charge in [0.2, 0.25) is 5.78 Å². The van der Waals surface area contributed by atoms with E-state index in [0.717, 1.165) is 0 Å². The summed E-state index contributed by atoms with van der Waals surface area (Å²) >= 11 is 0. The number of ether oxygens (including phenoxy) is 1. The summed E-state index contributed by atoms with van der Waals surface area (Å²) in [5.74, 6) is -3.38. The molecule has 0 aromatic heterocycles. The standard InChI is InChI=1S/C16H12F2O6S/c17-16(18,25(21,22)23)15(20)24-14(12-9-5-2-6-10-12)13(19)11-7-3-1-4-8-11/h1-10,14H,(H,21,22,23). The number of ketones is 1. The zero-order valence-electron chi connectivity index (χ0n) is 12.5. The maximum absolute atomic E-state index is 13.4. The van der Waals surface area contributed by atoms with E-state index in [2.05, 4.69) is 4.74 Å². The molecule has 1 atom stereocenters. The Morgan fingerprint density at radius 2 is 1.44 bits per heavy atom. The molecule has 2 rings (SSSR count). The zero-order chi connectivity index (χ0) is 18.7. The average Bonchev–Trinajstić information content (AvgIpc) is 2.59. The van der Waals surface area contributed by atoms with Crippen LogP contribution in [0, 0.1) is 0 Å². The first-order chi connectivity index (χ1) is 11.6. The van der Waals surface area contributed by atoms with Gasteiger partial charge in [-0.2, -0.15) is 17.2 Å². The highest BCUT2D eigenvalue weighted by atomic mass is 32.2. The summed E-state index contributed by atoms with van der Waals surface area (Å²) in [7, 11) is -6.04. The van der Waals surface area contributed by atoms with Crippen molar-refractivity contribution in [2.24, 2.45) is 0 Å². The van der Waals surface area contributed by atoms with Crippen molar-refractivity contribution in [2.75, 3.05) is 0 Å². The van der Waals surface area contributed by atoms with E-state index in [0.29, 0.717) is 0 Å². The summed E-state index contributed by atoms with van der Waals surface area (Å²) in [6, 6.07) is 14.7. The molecule has 0 aliphatic carbocycles. The van der Waals surface area contributed by atoms with E-state index in [4.69, 9.17) is 4.55 Å². The van der Waals surface area contributed by atoms with Gasteiger partial charge in [0.05, 0.1) is 0 Å². The minimum Gasteiger partial charge on any atom is -0.444 e. The van der Waals surface area contributed by atoms with Gasteiger partial charge < -0.3 is 4.74 Å². The molecule has 9 heteroatoms. The van der Waals surface area contributed by atoms with Crippen molar-refractivity contribution in [2.45, 2.75) is 11.4 Å². The Bertz CT molecular complexity index is 866. The van der Waals surface area contributed by atoms with Crippen LogP contribution in [0.4, 0.5) is 8.78 Å². The molecule has 0 fully saturated rings. The fourth-order valence-electron chi connectivity index (χ4n) is 1.94. The van der Waals surface area contributed by atoms with Gasteiger partial charge in [-0.05, 0) is 0 Å². The number of alkyl halides is 2. The number of hydrogen-bond acceptors (Lipinski definition) is 5. The number of rotatable bonds is 6. The molecule has 2 aromatic rings. The quantitative estimate of drug-likeness (QED) is 0.477. The molecule has 1 N–H and O–H groups in total. The van der Waals surface area contributed by atoms with E-state index in [1.807, 2.05) is 0 Å². The molecule has 2 aromatic carbocycles. The third-order valence-corrected chi connectivity index (χ3v) is 4.00. The summed E-state index contributed by atoms with van der Waals surface area (Å²) in [4.78, 5) is 24.1. The molecule has 1 unspecified atom stereocenters. The second-order valence-electron chi connectivity index (χ2n) is 4.92. The Kier molecular flexibility index (Phi) is 5.29. The molecule has 0 amide bonds. The van der Waals surface area contributed by atoms with Crippen LogP contribution < -0.4 is 0 Å². The van der Waals surface area contributed by atoms with E-state index in [-0.39, 0.29) is 11.1 Å². The van der Waals surface area contributed by atoms with Crippen LogP contribution in [-0.2, 0) is 19.6 Å². The lowest BCUT2D eigenvalue weighted by molar-refractivity contribution is -0.165. The number of Topliss-reactive ketones (excluding diaryl/α,β-unsaturated/α-hetero) is 1. The number of esters is 1. The summed E-state index contributed by atoms with van der Waals surface area (Å²) < 4.78 is 61.2. The second-order valence-corrected chi connectivity index (χ2v) is 6.38. The van der Waals surface area contributed by atoms with Crippen LogP contribution in [0.15, 0.2) is 60.7 Å². The van der Waals surface area contributed by atoms with E-state index < -0.39 is 33.2 Å². The lowest BCUT2D eigenvalue weighted by atomic mass is 10.00. The minimum atomic E-state index is -6.04. The maximum atomic E-state index is 13.4. The van der Waals surface area contributed by atoms with E-state index >= 15 is 0 Å². The van der Waals surface area contributed by atoms with Crippen LogP contribution in [-0.4, -0.2) is 30.0 Å². The first kappa shape index (κ1) is 18.7. The second kappa shape index (κ2) is 7.08. The third-order valence-electron chi connectivity index (χ3n) is 3.19. The number of carbonyl (C=O) groups excluding carboxylic acids is 2. The van der Waals surface area contributed by atoms with Crippen molar-refractivity contribution >= 4 is 21.9 Å². The molecular formula is C16H12F2O6S. The van der Waals surface area contributed by atoms with Crippen LogP contribution in [0.25, 0.3) is 0 Å². The Balaban J connectivity index is 2.40. The minimum absolute atomic E-state index is 0.0656. The molecule has 25 heavy (non-hydrogen) atoms. The number of carbonyl (C=O) groups is 2. The molecule has 0 bridgehead atoms. The Labute approximate surface area is 141 Å². The van der Waals surface area contributed by atoms with Crippen LogP contribution in [0.1, 0.15) is 22.0 Å². The van der Waals surface area contributed by atoms with Gasteiger partial charge in [0.15, 0.2) is 6.10 Å². The van der Waals surface area contributed by atoms with E-state index in [1.54, 1.807) is 12.1 Å². The van der Waals surface area contributed by atoms with Gasteiger partial charge in [-0.1, -0.05) is 60.7 Å². The topological polar surface area (TPSA) is 97.7 Å². The Morgan fingerprint density at radius 1 is 0.960 bits per heavy atom. The zero-order valence-corrected chi connectivity index (χ0v) is 13.3. The van der Waals surface area contributed by atoms with Gasteiger partial charge >= 0.3 is 21.3 Å².